The highest BCUT2D eigenvalue weighted by Crippen LogP contribution is 2.55. The summed E-state index contributed by atoms with van der Waals surface area (Å²) in [6.45, 7) is 0. The molecule has 1 N–H and O–H groups in total. The summed E-state index contributed by atoms with van der Waals surface area (Å²) in [5.74, 6) is -0.330. The average Bonchev–Trinajstić information content (AvgIpc) is 3.00. The van der Waals surface area contributed by atoms with Crippen LogP contribution in [0.3, 0.4) is 0 Å². The number of ether oxygens (including phenoxy) is 1. The summed E-state index contributed by atoms with van der Waals surface area (Å²) in [5, 5.41) is 9.91. The number of halogens is 2. The molecule has 0 atom stereocenters. The molecule has 1 fully saturated rings. The molecule has 1 aliphatic rings. The van der Waals surface area contributed by atoms with Crippen molar-refractivity contribution in [1.82, 2.24) is 0 Å². The lowest BCUT2D eigenvalue weighted by Gasteiger charge is -2.17. The third-order valence-electron chi connectivity index (χ3n) is 3.14. The van der Waals surface area contributed by atoms with Crippen LogP contribution in [0.1, 0.15) is 24.8 Å². The van der Waals surface area contributed by atoms with Gasteiger partial charge in [-0.05, 0) is 24.5 Å². The van der Waals surface area contributed by atoms with Crippen molar-refractivity contribution in [2.24, 2.45) is 0 Å². The van der Waals surface area contributed by atoms with E-state index < -0.39 is 5.97 Å². The minimum Gasteiger partial charge on any atom is -0.495 e. The fourth-order valence-electron chi connectivity index (χ4n) is 2.08. The van der Waals surface area contributed by atoms with Gasteiger partial charge in [-0.2, -0.15) is 0 Å². The van der Waals surface area contributed by atoms with E-state index in [2.05, 4.69) is 0 Å². The molecule has 92 valence electrons. The number of hydrogen-bond donors (Lipinski definition) is 1. The largest absolute Gasteiger partial charge is 0.495 e. The van der Waals surface area contributed by atoms with Crippen molar-refractivity contribution in [1.29, 1.82) is 0 Å². The van der Waals surface area contributed by atoms with E-state index in [-0.39, 0.29) is 11.8 Å². The molecule has 0 heterocycles. The second-order valence-corrected chi connectivity index (χ2v) is 5.13. The number of benzene rings is 1. The highest BCUT2D eigenvalue weighted by molar-refractivity contribution is 6.35. The van der Waals surface area contributed by atoms with E-state index in [1.807, 2.05) is 0 Å². The lowest BCUT2D eigenvalue weighted by Crippen LogP contribution is -2.13. The van der Waals surface area contributed by atoms with Gasteiger partial charge in [-0.3, -0.25) is 4.79 Å². The first-order valence-electron chi connectivity index (χ1n) is 5.24. The highest BCUT2D eigenvalue weighted by Gasteiger charge is 2.47. The normalized spacial score (nSPS) is 16.6. The third kappa shape index (κ3) is 2.35. The van der Waals surface area contributed by atoms with Crippen LogP contribution in [0.4, 0.5) is 0 Å². The molecule has 0 aliphatic heterocycles. The Bertz CT molecular complexity index is 467. The van der Waals surface area contributed by atoms with Crippen molar-refractivity contribution in [2.75, 3.05) is 7.11 Å². The molecule has 0 aromatic heterocycles. The maximum atomic E-state index is 10.9. The first-order chi connectivity index (χ1) is 7.98. The Morgan fingerprint density at radius 3 is 2.59 bits per heavy atom. The summed E-state index contributed by atoms with van der Waals surface area (Å²) < 4.78 is 5.13. The van der Waals surface area contributed by atoms with Crippen molar-refractivity contribution < 1.29 is 14.6 Å². The Hall–Kier alpha value is -0.930. The van der Waals surface area contributed by atoms with Crippen molar-refractivity contribution in [3.63, 3.8) is 0 Å². The van der Waals surface area contributed by atoms with Gasteiger partial charge in [-0.1, -0.05) is 23.2 Å². The van der Waals surface area contributed by atoms with Gasteiger partial charge in [-0.15, -0.1) is 0 Å². The Kier molecular flexibility index (Phi) is 3.23. The maximum Gasteiger partial charge on any atom is 0.304 e. The zero-order valence-electron chi connectivity index (χ0n) is 9.30. The topological polar surface area (TPSA) is 46.5 Å². The number of methoxy groups -OCH3 is 1. The lowest BCUT2D eigenvalue weighted by molar-refractivity contribution is -0.137. The summed E-state index contributed by atoms with van der Waals surface area (Å²) in [5.41, 5.74) is 0.423. The molecule has 2 rings (SSSR count). The predicted molar refractivity (Wildman–Crippen MR) is 66.2 cm³/mol. The first-order valence-corrected chi connectivity index (χ1v) is 5.99. The number of carboxylic acids is 1. The van der Waals surface area contributed by atoms with Gasteiger partial charge in [0.1, 0.15) is 5.75 Å². The zero-order valence-corrected chi connectivity index (χ0v) is 10.8. The second kappa shape index (κ2) is 4.39. The van der Waals surface area contributed by atoms with Crippen LogP contribution in [-0.2, 0) is 10.2 Å². The Balaban J connectivity index is 2.45. The van der Waals surface area contributed by atoms with Crippen LogP contribution in [0.2, 0.25) is 10.0 Å². The molecule has 1 aromatic rings. The highest BCUT2D eigenvalue weighted by atomic mass is 35.5. The molecule has 1 saturated carbocycles. The van der Waals surface area contributed by atoms with E-state index in [1.54, 1.807) is 12.1 Å². The van der Waals surface area contributed by atoms with Crippen LogP contribution in [0.25, 0.3) is 0 Å². The van der Waals surface area contributed by atoms with Crippen LogP contribution < -0.4 is 4.74 Å². The van der Waals surface area contributed by atoms with Crippen molar-refractivity contribution in [3.8, 4) is 5.75 Å². The van der Waals surface area contributed by atoms with Gasteiger partial charge in [0.05, 0.1) is 18.6 Å². The standard InChI is InChI=1S/C12H12Cl2O3/c1-17-9-5-7(13)4-8(11(9)14)12(2-3-12)6-10(15)16/h4-5H,2-3,6H2,1H3,(H,15,16). The molecule has 0 spiro atoms. The molecule has 17 heavy (non-hydrogen) atoms. The molecule has 0 unspecified atom stereocenters. The lowest BCUT2D eigenvalue weighted by atomic mass is 9.92. The van der Waals surface area contributed by atoms with Gasteiger partial charge in [0, 0.05) is 16.5 Å². The van der Waals surface area contributed by atoms with Gasteiger partial charge in [0.25, 0.3) is 0 Å². The smallest absolute Gasteiger partial charge is 0.304 e. The molecule has 0 amide bonds. The maximum absolute atomic E-state index is 10.9. The molecule has 0 bridgehead atoms. The molecule has 3 nitrogen and oxygen atoms in total. The van der Waals surface area contributed by atoms with Crippen LogP contribution in [0, 0.1) is 0 Å². The number of carbonyl (C=O) groups is 1. The fourth-order valence-corrected chi connectivity index (χ4v) is 2.68. The average molecular weight is 275 g/mol. The molecule has 0 saturated heterocycles. The van der Waals surface area contributed by atoms with Crippen molar-refractivity contribution in [3.05, 3.63) is 27.7 Å². The van der Waals surface area contributed by atoms with Gasteiger partial charge in [0.2, 0.25) is 0 Å². The SMILES string of the molecule is COc1cc(Cl)cc(C2(CC(=O)O)CC2)c1Cl. The Labute approximate surface area is 109 Å². The van der Waals surface area contributed by atoms with Crippen LogP contribution >= 0.6 is 23.2 Å². The van der Waals surface area contributed by atoms with Gasteiger partial charge in [0.15, 0.2) is 0 Å². The zero-order chi connectivity index (χ0) is 12.6. The van der Waals surface area contributed by atoms with Crippen molar-refractivity contribution >= 4 is 29.2 Å². The van der Waals surface area contributed by atoms with E-state index in [9.17, 15) is 4.79 Å². The summed E-state index contributed by atoms with van der Waals surface area (Å²) in [4.78, 5) is 10.9. The summed E-state index contributed by atoms with van der Waals surface area (Å²) in [6, 6.07) is 3.37. The quantitative estimate of drug-likeness (QED) is 0.914. The van der Waals surface area contributed by atoms with E-state index in [1.165, 1.54) is 7.11 Å². The molecule has 1 aliphatic carbocycles. The molecule has 0 radical (unpaired) electrons. The molecule has 1 aromatic carbocycles. The van der Waals surface area contributed by atoms with Crippen molar-refractivity contribution in [2.45, 2.75) is 24.7 Å². The third-order valence-corrected chi connectivity index (χ3v) is 3.75. The minimum atomic E-state index is -0.822. The van der Waals surface area contributed by atoms with Crippen LogP contribution in [-0.4, -0.2) is 18.2 Å². The molecule has 5 heteroatoms. The summed E-state index contributed by atoms with van der Waals surface area (Å²) in [7, 11) is 1.51. The molecular weight excluding hydrogens is 263 g/mol. The Morgan fingerprint density at radius 2 is 2.12 bits per heavy atom. The minimum absolute atomic E-state index is 0.0796. The van der Waals surface area contributed by atoms with E-state index in [4.69, 9.17) is 33.0 Å². The van der Waals surface area contributed by atoms with Crippen LogP contribution in [0.5, 0.6) is 5.75 Å². The van der Waals surface area contributed by atoms with Crippen LogP contribution in [0.15, 0.2) is 12.1 Å². The van der Waals surface area contributed by atoms with E-state index >= 15 is 0 Å². The predicted octanol–water partition coefficient (Wildman–Crippen LogP) is 3.51. The summed E-state index contributed by atoms with van der Waals surface area (Å²) >= 11 is 12.2. The van der Waals surface area contributed by atoms with Gasteiger partial charge in [-0.25, -0.2) is 0 Å². The number of rotatable bonds is 4. The van der Waals surface area contributed by atoms with E-state index in [0.29, 0.717) is 15.8 Å². The number of hydrogen-bond acceptors (Lipinski definition) is 2. The monoisotopic (exact) mass is 274 g/mol. The van der Waals surface area contributed by atoms with Gasteiger partial charge < -0.3 is 9.84 Å². The number of carboxylic acid groups (broad SMARTS) is 1. The van der Waals surface area contributed by atoms with Gasteiger partial charge >= 0.3 is 5.97 Å². The Morgan fingerprint density at radius 1 is 1.47 bits per heavy atom. The summed E-state index contributed by atoms with van der Waals surface area (Å²) in [6.07, 6.45) is 1.72. The van der Waals surface area contributed by atoms with E-state index in [0.717, 1.165) is 18.4 Å². The fraction of sp³-hybridized carbons (Fsp3) is 0.417. The second-order valence-electron chi connectivity index (χ2n) is 4.32. The number of aliphatic carboxylic acids is 1. The molecular formula is C12H12Cl2O3. The first kappa shape index (κ1) is 12.5.